The van der Waals surface area contributed by atoms with E-state index in [-0.39, 0.29) is 17.9 Å². The van der Waals surface area contributed by atoms with E-state index in [0.29, 0.717) is 5.56 Å². The molecule has 5 heteroatoms. The number of carbonyl (C=O) groups excluding carboxylic acids is 1. The summed E-state index contributed by atoms with van der Waals surface area (Å²) in [6.45, 7) is 1.72. The molecule has 1 aromatic rings. The van der Waals surface area contributed by atoms with Crippen LogP contribution in [0.1, 0.15) is 25.0 Å². The van der Waals surface area contributed by atoms with Crippen molar-refractivity contribution < 1.29 is 14.8 Å². The number of hydrogen-bond acceptors (Lipinski definition) is 4. The number of nitrogens with zero attached hydrogens (tertiary/aromatic N) is 1. The molecule has 0 radical (unpaired) electrons. The predicted molar refractivity (Wildman–Crippen MR) is 62.5 cm³/mol. The van der Waals surface area contributed by atoms with Crippen molar-refractivity contribution in [2.24, 2.45) is 0 Å². The molecule has 0 saturated carbocycles. The van der Waals surface area contributed by atoms with Gasteiger partial charge in [0, 0.05) is 18.6 Å². The summed E-state index contributed by atoms with van der Waals surface area (Å²) in [5.74, 6) is -0.182. The summed E-state index contributed by atoms with van der Waals surface area (Å²) in [7, 11) is 0. The molecule has 0 bridgehead atoms. The summed E-state index contributed by atoms with van der Waals surface area (Å²) >= 11 is 0. The van der Waals surface area contributed by atoms with E-state index in [4.69, 9.17) is 0 Å². The zero-order valence-corrected chi connectivity index (χ0v) is 9.37. The monoisotopic (exact) mass is 235 g/mol. The van der Waals surface area contributed by atoms with Gasteiger partial charge in [-0.05, 0) is 30.7 Å². The number of carbonyl (C=O) groups is 1. The Balaban J connectivity index is 2.73. The first-order chi connectivity index (χ1) is 8.04. The molecule has 0 fully saturated rings. The van der Waals surface area contributed by atoms with Gasteiger partial charge in [-0.25, -0.2) is 0 Å². The molecule has 90 valence electrons. The number of aliphatic hydroxyl groups excluding tert-OH is 1. The van der Waals surface area contributed by atoms with Crippen molar-refractivity contribution in [1.82, 2.24) is 0 Å². The van der Waals surface area contributed by atoms with Gasteiger partial charge in [0.05, 0.1) is 11.0 Å². The van der Waals surface area contributed by atoms with Crippen molar-refractivity contribution in [1.29, 1.82) is 0 Å². The Morgan fingerprint density at radius 2 is 2.06 bits per heavy atom. The molecule has 1 rings (SSSR count). The summed E-state index contributed by atoms with van der Waals surface area (Å²) < 4.78 is 0. The zero-order valence-electron chi connectivity index (χ0n) is 9.37. The van der Waals surface area contributed by atoms with Gasteiger partial charge >= 0.3 is 0 Å². The summed E-state index contributed by atoms with van der Waals surface area (Å²) in [5.41, 5.74) is 0.453. The highest BCUT2D eigenvalue weighted by atomic mass is 16.6. The molecular weight excluding hydrogens is 222 g/mol. The van der Waals surface area contributed by atoms with E-state index < -0.39 is 11.0 Å². The first kappa shape index (κ1) is 13.1. The van der Waals surface area contributed by atoms with E-state index >= 15 is 0 Å². The first-order valence-electron chi connectivity index (χ1n) is 5.12. The maximum absolute atomic E-state index is 11.2. The standard InChI is InChI=1S/C12H13NO4/c1-2-3-11(14)8-12(15)9-4-6-10(7-5-9)13(16)17/h2-7,12,15H,8H2,1H3/b3-2+. The second-order valence-corrected chi connectivity index (χ2v) is 3.53. The van der Waals surface area contributed by atoms with Gasteiger partial charge in [0.25, 0.3) is 5.69 Å². The summed E-state index contributed by atoms with van der Waals surface area (Å²) in [5, 5.41) is 20.1. The van der Waals surface area contributed by atoms with Crippen LogP contribution in [-0.2, 0) is 4.79 Å². The number of ketones is 1. The van der Waals surface area contributed by atoms with Crippen molar-refractivity contribution in [3.05, 3.63) is 52.1 Å². The Labute approximate surface area is 98.5 Å². The van der Waals surface area contributed by atoms with Crippen LogP contribution >= 0.6 is 0 Å². The molecule has 0 aliphatic heterocycles. The molecule has 0 spiro atoms. The topological polar surface area (TPSA) is 80.4 Å². The van der Waals surface area contributed by atoms with Crippen molar-refractivity contribution >= 4 is 11.5 Å². The SMILES string of the molecule is C/C=C/C(=O)CC(O)c1ccc([N+](=O)[O-])cc1. The minimum atomic E-state index is -0.931. The van der Waals surface area contributed by atoms with E-state index in [1.807, 2.05) is 0 Å². The third-order valence-corrected chi connectivity index (χ3v) is 2.24. The number of rotatable bonds is 5. The Bertz CT molecular complexity index is 436. The largest absolute Gasteiger partial charge is 0.388 e. The minimum absolute atomic E-state index is 0.0256. The van der Waals surface area contributed by atoms with Crippen molar-refractivity contribution in [2.75, 3.05) is 0 Å². The van der Waals surface area contributed by atoms with Crippen LogP contribution in [0.3, 0.4) is 0 Å². The molecular formula is C12H13NO4. The Hall–Kier alpha value is -2.01. The molecule has 0 aromatic heterocycles. The molecule has 17 heavy (non-hydrogen) atoms. The summed E-state index contributed by atoms with van der Waals surface area (Å²) in [6, 6.07) is 5.51. The van der Waals surface area contributed by atoms with Gasteiger partial charge in [-0.3, -0.25) is 14.9 Å². The van der Waals surface area contributed by atoms with Gasteiger partial charge in [-0.2, -0.15) is 0 Å². The van der Waals surface area contributed by atoms with E-state index in [2.05, 4.69) is 0 Å². The van der Waals surface area contributed by atoms with Crippen LogP contribution in [-0.4, -0.2) is 15.8 Å². The van der Waals surface area contributed by atoms with Crippen LogP contribution in [0.4, 0.5) is 5.69 Å². The van der Waals surface area contributed by atoms with E-state index in [0.717, 1.165) is 0 Å². The van der Waals surface area contributed by atoms with E-state index in [9.17, 15) is 20.0 Å². The molecule has 5 nitrogen and oxygen atoms in total. The van der Waals surface area contributed by atoms with Crippen LogP contribution in [0.2, 0.25) is 0 Å². The number of benzene rings is 1. The first-order valence-corrected chi connectivity index (χ1v) is 5.12. The fraction of sp³-hybridized carbons (Fsp3) is 0.250. The maximum atomic E-state index is 11.2. The molecule has 1 unspecified atom stereocenters. The third kappa shape index (κ3) is 3.81. The highest BCUT2D eigenvalue weighted by Crippen LogP contribution is 2.20. The second-order valence-electron chi connectivity index (χ2n) is 3.53. The smallest absolute Gasteiger partial charge is 0.269 e. The molecule has 1 N–H and O–H groups in total. The average molecular weight is 235 g/mol. The molecule has 1 aromatic carbocycles. The quantitative estimate of drug-likeness (QED) is 0.481. The van der Waals surface area contributed by atoms with E-state index in [1.165, 1.54) is 30.3 Å². The van der Waals surface area contributed by atoms with Crippen LogP contribution in [0, 0.1) is 10.1 Å². The van der Waals surface area contributed by atoms with Crippen LogP contribution < -0.4 is 0 Å². The zero-order chi connectivity index (χ0) is 12.8. The molecule has 0 saturated heterocycles. The Kier molecular flexibility index (Phi) is 4.54. The number of hydrogen-bond donors (Lipinski definition) is 1. The van der Waals surface area contributed by atoms with Crippen molar-refractivity contribution in [3.8, 4) is 0 Å². The normalized spacial score (nSPS) is 12.6. The molecule has 0 aliphatic rings. The van der Waals surface area contributed by atoms with Gasteiger partial charge < -0.3 is 5.11 Å². The lowest BCUT2D eigenvalue weighted by molar-refractivity contribution is -0.384. The highest BCUT2D eigenvalue weighted by Gasteiger charge is 2.12. The van der Waals surface area contributed by atoms with Crippen LogP contribution in [0.5, 0.6) is 0 Å². The highest BCUT2D eigenvalue weighted by molar-refractivity contribution is 5.89. The number of nitro groups is 1. The molecule has 1 atom stereocenters. The number of aliphatic hydroxyl groups is 1. The van der Waals surface area contributed by atoms with Crippen LogP contribution in [0.25, 0.3) is 0 Å². The summed E-state index contributed by atoms with van der Waals surface area (Å²) in [4.78, 5) is 21.2. The van der Waals surface area contributed by atoms with Crippen molar-refractivity contribution in [2.45, 2.75) is 19.4 Å². The molecule has 0 amide bonds. The number of nitro benzene ring substituents is 1. The Morgan fingerprint density at radius 1 is 1.47 bits per heavy atom. The van der Waals surface area contributed by atoms with Crippen LogP contribution in [0.15, 0.2) is 36.4 Å². The fourth-order valence-corrected chi connectivity index (χ4v) is 1.38. The fourth-order valence-electron chi connectivity index (χ4n) is 1.38. The maximum Gasteiger partial charge on any atom is 0.269 e. The van der Waals surface area contributed by atoms with Gasteiger partial charge in [0.2, 0.25) is 0 Å². The lowest BCUT2D eigenvalue weighted by Crippen LogP contribution is -2.04. The molecule has 0 aliphatic carbocycles. The third-order valence-electron chi connectivity index (χ3n) is 2.24. The number of non-ortho nitro benzene ring substituents is 1. The average Bonchev–Trinajstić information content (AvgIpc) is 2.29. The van der Waals surface area contributed by atoms with Gasteiger partial charge in [0.1, 0.15) is 0 Å². The van der Waals surface area contributed by atoms with Gasteiger partial charge in [0.15, 0.2) is 5.78 Å². The minimum Gasteiger partial charge on any atom is -0.388 e. The number of allylic oxidation sites excluding steroid dienone is 2. The van der Waals surface area contributed by atoms with Gasteiger partial charge in [-0.1, -0.05) is 6.08 Å². The van der Waals surface area contributed by atoms with E-state index in [1.54, 1.807) is 13.0 Å². The summed E-state index contributed by atoms with van der Waals surface area (Å²) in [6.07, 6.45) is 2.03. The van der Waals surface area contributed by atoms with Crippen molar-refractivity contribution in [3.63, 3.8) is 0 Å². The lowest BCUT2D eigenvalue weighted by Gasteiger charge is -2.08. The predicted octanol–water partition coefficient (Wildman–Crippen LogP) is 2.16. The van der Waals surface area contributed by atoms with Gasteiger partial charge in [-0.15, -0.1) is 0 Å². The Morgan fingerprint density at radius 3 is 2.53 bits per heavy atom. The second kappa shape index (κ2) is 5.91. The molecule has 0 heterocycles. The lowest BCUT2D eigenvalue weighted by atomic mass is 10.0.